The van der Waals surface area contributed by atoms with Crippen molar-refractivity contribution in [3.05, 3.63) is 82.9 Å². The van der Waals surface area contributed by atoms with Crippen LogP contribution in [0.4, 0.5) is 4.39 Å². The van der Waals surface area contributed by atoms with Gasteiger partial charge in [-0.3, -0.25) is 4.79 Å². The number of nitrogens with one attached hydrogen (secondary N) is 1. The highest BCUT2D eigenvalue weighted by Gasteiger charge is 2.11. The average molecular weight is 399 g/mol. The van der Waals surface area contributed by atoms with Crippen LogP contribution < -0.4 is 5.32 Å². The molecule has 28 heavy (non-hydrogen) atoms. The Hall–Kier alpha value is -2.64. The highest BCUT2D eigenvalue weighted by atomic mass is 32.2. The minimum absolute atomic E-state index is 0.0903. The van der Waals surface area contributed by atoms with Crippen molar-refractivity contribution in [3.63, 3.8) is 0 Å². The Kier molecular flexibility index (Phi) is 6.84. The first-order valence-electron chi connectivity index (χ1n) is 8.90. The molecule has 3 aromatic rings. The number of carbonyl (C=O) groups is 1. The van der Waals surface area contributed by atoms with E-state index in [4.69, 9.17) is 0 Å². The number of carbonyl (C=O) groups excluding carboxylic acids is 1. The number of aliphatic hydroxyl groups excluding tert-OH is 1. The molecule has 0 bridgehead atoms. The van der Waals surface area contributed by atoms with E-state index in [9.17, 15) is 14.3 Å². The van der Waals surface area contributed by atoms with Gasteiger partial charge in [0.25, 0.3) is 0 Å². The third-order valence-corrected chi connectivity index (χ3v) is 5.15. The molecule has 2 aromatic carbocycles. The zero-order chi connectivity index (χ0) is 19.9. The van der Waals surface area contributed by atoms with Crippen LogP contribution in [0.5, 0.6) is 0 Å². The largest absolute Gasteiger partial charge is 0.390 e. The molecule has 7 heteroatoms. The fraction of sp³-hybridized carbons (Fsp3) is 0.238. The zero-order valence-corrected chi connectivity index (χ0v) is 16.4. The SMILES string of the molecule is Cc1ccc(CNC(=O)CSc2nc(CO)cn2Cc2ccc(F)cc2)cc1. The highest BCUT2D eigenvalue weighted by molar-refractivity contribution is 7.99. The van der Waals surface area contributed by atoms with Gasteiger partial charge in [0, 0.05) is 19.3 Å². The number of benzene rings is 2. The van der Waals surface area contributed by atoms with E-state index in [0.29, 0.717) is 23.9 Å². The molecule has 0 saturated heterocycles. The Morgan fingerprint density at radius 3 is 2.50 bits per heavy atom. The van der Waals surface area contributed by atoms with Crippen LogP contribution in [-0.2, 0) is 24.5 Å². The lowest BCUT2D eigenvalue weighted by molar-refractivity contribution is -0.118. The van der Waals surface area contributed by atoms with Crippen LogP contribution in [0.2, 0.25) is 0 Å². The fourth-order valence-corrected chi connectivity index (χ4v) is 3.46. The first-order chi connectivity index (χ1) is 13.5. The quantitative estimate of drug-likeness (QED) is 0.571. The smallest absolute Gasteiger partial charge is 0.230 e. The molecule has 0 unspecified atom stereocenters. The third-order valence-electron chi connectivity index (χ3n) is 4.16. The molecule has 0 aliphatic carbocycles. The lowest BCUT2D eigenvalue weighted by Gasteiger charge is -2.08. The summed E-state index contributed by atoms with van der Waals surface area (Å²) in [7, 11) is 0. The molecule has 0 atom stereocenters. The summed E-state index contributed by atoms with van der Waals surface area (Å²) in [6.07, 6.45) is 1.75. The molecule has 0 aliphatic heterocycles. The lowest BCUT2D eigenvalue weighted by Crippen LogP contribution is -2.24. The number of aliphatic hydroxyl groups is 1. The van der Waals surface area contributed by atoms with Crippen LogP contribution >= 0.6 is 11.8 Å². The zero-order valence-electron chi connectivity index (χ0n) is 15.6. The second-order valence-electron chi connectivity index (χ2n) is 6.48. The summed E-state index contributed by atoms with van der Waals surface area (Å²) in [6, 6.07) is 14.2. The molecule has 0 fully saturated rings. The van der Waals surface area contributed by atoms with Crippen LogP contribution in [0.3, 0.4) is 0 Å². The first-order valence-corrected chi connectivity index (χ1v) is 9.88. The number of aryl methyl sites for hydroxylation is 1. The summed E-state index contributed by atoms with van der Waals surface area (Å²) in [5.74, 6) is -0.158. The summed E-state index contributed by atoms with van der Waals surface area (Å²) in [5, 5.41) is 12.9. The number of hydrogen-bond donors (Lipinski definition) is 2. The predicted octanol–water partition coefficient (Wildman–Crippen LogP) is 3.28. The van der Waals surface area contributed by atoms with Crippen LogP contribution in [0, 0.1) is 12.7 Å². The van der Waals surface area contributed by atoms with Crippen molar-refractivity contribution in [1.82, 2.24) is 14.9 Å². The van der Waals surface area contributed by atoms with Gasteiger partial charge in [-0.15, -0.1) is 0 Å². The molecule has 0 aliphatic rings. The van der Waals surface area contributed by atoms with E-state index >= 15 is 0 Å². The number of rotatable bonds is 8. The van der Waals surface area contributed by atoms with E-state index in [-0.39, 0.29) is 24.1 Å². The van der Waals surface area contributed by atoms with Gasteiger partial charge in [0.15, 0.2) is 5.16 Å². The molecule has 5 nitrogen and oxygen atoms in total. The number of thioether (sulfide) groups is 1. The van der Waals surface area contributed by atoms with Gasteiger partial charge in [0.1, 0.15) is 5.82 Å². The summed E-state index contributed by atoms with van der Waals surface area (Å²) >= 11 is 1.31. The molecular weight excluding hydrogens is 377 g/mol. The molecule has 1 heterocycles. The minimum atomic E-state index is -0.287. The molecule has 0 spiro atoms. The molecule has 146 valence electrons. The number of amides is 1. The highest BCUT2D eigenvalue weighted by Crippen LogP contribution is 2.19. The van der Waals surface area contributed by atoms with Gasteiger partial charge >= 0.3 is 0 Å². The Morgan fingerprint density at radius 1 is 1.14 bits per heavy atom. The number of hydrogen-bond acceptors (Lipinski definition) is 4. The van der Waals surface area contributed by atoms with Crippen molar-refractivity contribution in [2.75, 3.05) is 5.75 Å². The maximum atomic E-state index is 13.1. The van der Waals surface area contributed by atoms with Gasteiger partial charge < -0.3 is 15.0 Å². The Bertz CT molecular complexity index is 924. The molecule has 1 amide bonds. The Labute approximate surface area is 167 Å². The van der Waals surface area contributed by atoms with Crippen molar-refractivity contribution >= 4 is 17.7 Å². The van der Waals surface area contributed by atoms with Crippen LogP contribution in [0.1, 0.15) is 22.4 Å². The number of aromatic nitrogens is 2. The van der Waals surface area contributed by atoms with E-state index in [1.54, 1.807) is 18.3 Å². The summed E-state index contributed by atoms with van der Waals surface area (Å²) in [4.78, 5) is 16.5. The van der Waals surface area contributed by atoms with Crippen LogP contribution in [0.15, 0.2) is 59.9 Å². The number of halogens is 1. The summed E-state index contributed by atoms with van der Waals surface area (Å²) < 4.78 is 14.9. The molecule has 0 saturated carbocycles. The van der Waals surface area contributed by atoms with Gasteiger partial charge in [-0.2, -0.15) is 0 Å². The van der Waals surface area contributed by atoms with Crippen molar-refractivity contribution in [3.8, 4) is 0 Å². The average Bonchev–Trinajstić information content (AvgIpc) is 3.09. The fourth-order valence-electron chi connectivity index (χ4n) is 2.63. The standard InChI is InChI=1S/C21H22FN3O2S/c1-15-2-4-16(5-3-15)10-23-20(27)14-28-21-24-19(13-26)12-25(21)11-17-6-8-18(22)9-7-17/h2-9,12,26H,10-11,13-14H2,1H3,(H,23,27). The van der Waals surface area contributed by atoms with Crippen molar-refractivity contribution in [2.24, 2.45) is 0 Å². The molecule has 3 rings (SSSR count). The maximum absolute atomic E-state index is 13.1. The van der Waals surface area contributed by atoms with Crippen LogP contribution in [-0.4, -0.2) is 26.3 Å². The number of nitrogens with zero attached hydrogens (tertiary/aromatic N) is 2. The minimum Gasteiger partial charge on any atom is -0.390 e. The molecule has 1 aromatic heterocycles. The Balaban J connectivity index is 1.58. The van der Waals surface area contributed by atoms with Crippen molar-refractivity contribution in [2.45, 2.75) is 31.8 Å². The van der Waals surface area contributed by atoms with Crippen LogP contribution in [0.25, 0.3) is 0 Å². The number of imidazole rings is 1. The molecule has 0 radical (unpaired) electrons. The van der Waals surface area contributed by atoms with Gasteiger partial charge in [0.2, 0.25) is 5.91 Å². The van der Waals surface area contributed by atoms with Crippen molar-refractivity contribution < 1.29 is 14.3 Å². The van der Waals surface area contributed by atoms with E-state index in [1.807, 2.05) is 35.8 Å². The lowest BCUT2D eigenvalue weighted by atomic mass is 10.1. The van der Waals surface area contributed by atoms with Gasteiger partial charge in [-0.1, -0.05) is 53.7 Å². The monoisotopic (exact) mass is 399 g/mol. The normalized spacial score (nSPS) is 10.8. The maximum Gasteiger partial charge on any atom is 0.230 e. The van der Waals surface area contributed by atoms with Gasteiger partial charge in [0.05, 0.1) is 18.1 Å². The topological polar surface area (TPSA) is 67.2 Å². The molecule has 2 N–H and O–H groups in total. The van der Waals surface area contributed by atoms with Gasteiger partial charge in [-0.05, 0) is 30.2 Å². The van der Waals surface area contributed by atoms with E-state index in [2.05, 4.69) is 10.3 Å². The molecular formula is C21H22FN3O2S. The second-order valence-corrected chi connectivity index (χ2v) is 7.42. The second kappa shape index (κ2) is 9.52. The summed E-state index contributed by atoms with van der Waals surface area (Å²) in [6.45, 7) is 2.81. The first kappa shape index (κ1) is 20.1. The van der Waals surface area contributed by atoms with E-state index < -0.39 is 0 Å². The van der Waals surface area contributed by atoms with Crippen molar-refractivity contribution in [1.29, 1.82) is 0 Å². The predicted molar refractivity (Wildman–Crippen MR) is 107 cm³/mol. The van der Waals surface area contributed by atoms with E-state index in [1.165, 1.54) is 29.5 Å². The van der Waals surface area contributed by atoms with Gasteiger partial charge in [-0.25, -0.2) is 9.37 Å². The Morgan fingerprint density at radius 2 is 1.82 bits per heavy atom. The third kappa shape index (κ3) is 5.68. The van der Waals surface area contributed by atoms with E-state index in [0.717, 1.165) is 11.1 Å². The summed E-state index contributed by atoms with van der Waals surface area (Å²) in [5.41, 5.74) is 3.67.